The summed E-state index contributed by atoms with van der Waals surface area (Å²) in [4.78, 5) is 12.7. The van der Waals surface area contributed by atoms with Gasteiger partial charge in [-0.3, -0.25) is 4.98 Å². The molecule has 3 heterocycles. The Balaban J connectivity index is 1.47. The molecule has 146 valence electrons. The first-order chi connectivity index (χ1) is 14.2. The third kappa shape index (κ3) is 4.82. The third-order valence-corrected chi connectivity index (χ3v) is 4.33. The molecule has 1 N–H and O–H groups in total. The lowest BCUT2D eigenvalue weighted by Crippen LogP contribution is -2.20. The highest BCUT2D eigenvalue weighted by molar-refractivity contribution is 6.32. The van der Waals surface area contributed by atoms with Crippen molar-refractivity contribution in [3.63, 3.8) is 0 Å². The number of hydrogen-bond acceptors (Lipinski definition) is 8. The summed E-state index contributed by atoms with van der Waals surface area (Å²) in [7, 11) is 0. The molecule has 0 radical (unpaired) electrons. The van der Waals surface area contributed by atoms with Crippen molar-refractivity contribution < 1.29 is 4.74 Å². The molecule has 0 spiro atoms. The first kappa shape index (κ1) is 18.8. The van der Waals surface area contributed by atoms with Crippen LogP contribution in [0.4, 0.5) is 11.6 Å². The Morgan fingerprint density at radius 3 is 2.62 bits per heavy atom. The molecular weight excluding hydrogens is 392 g/mol. The van der Waals surface area contributed by atoms with E-state index in [9.17, 15) is 0 Å². The van der Waals surface area contributed by atoms with Crippen LogP contribution in [0.5, 0.6) is 5.75 Å². The van der Waals surface area contributed by atoms with Gasteiger partial charge in [-0.2, -0.15) is 0 Å². The molecule has 0 bridgehead atoms. The highest BCUT2D eigenvalue weighted by atomic mass is 35.5. The van der Waals surface area contributed by atoms with Crippen LogP contribution in [0.3, 0.4) is 0 Å². The topological polar surface area (TPSA) is 104 Å². The van der Waals surface area contributed by atoms with Gasteiger partial charge in [0, 0.05) is 36.0 Å². The number of anilines is 2. The second-order valence-electron chi connectivity index (χ2n) is 6.26. The van der Waals surface area contributed by atoms with Gasteiger partial charge in [-0.25, -0.2) is 14.6 Å². The van der Waals surface area contributed by atoms with Gasteiger partial charge in [0.1, 0.15) is 18.2 Å². The lowest BCUT2D eigenvalue weighted by Gasteiger charge is -2.16. The summed E-state index contributed by atoms with van der Waals surface area (Å²) in [5.41, 5.74) is 2.61. The number of nitrogens with zero attached hydrogens (tertiary/aromatic N) is 7. The number of benzene rings is 1. The van der Waals surface area contributed by atoms with E-state index in [0.717, 1.165) is 16.8 Å². The molecule has 0 unspecified atom stereocenters. The smallest absolute Gasteiger partial charge is 0.227 e. The van der Waals surface area contributed by atoms with Crippen LogP contribution in [-0.4, -0.2) is 41.3 Å². The molecule has 9 nitrogen and oxygen atoms in total. The summed E-state index contributed by atoms with van der Waals surface area (Å²) in [5.74, 6) is 1.07. The molecule has 0 amide bonds. The number of rotatable bonds is 7. The van der Waals surface area contributed by atoms with Gasteiger partial charge in [0.2, 0.25) is 5.95 Å². The predicted octanol–water partition coefficient (Wildman–Crippen LogP) is 3.39. The number of pyridine rings is 1. The molecule has 0 aliphatic heterocycles. The lowest BCUT2D eigenvalue weighted by molar-refractivity contribution is 0.193. The van der Waals surface area contributed by atoms with E-state index in [1.54, 1.807) is 35.5 Å². The quantitative estimate of drug-likeness (QED) is 0.496. The molecule has 0 saturated carbocycles. The molecule has 0 aliphatic rings. The van der Waals surface area contributed by atoms with E-state index in [-0.39, 0.29) is 6.10 Å². The van der Waals surface area contributed by atoms with Gasteiger partial charge in [-0.15, -0.1) is 5.10 Å². The summed E-state index contributed by atoms with van der Waals surface area (Å²) in [6.45, 7) is 2.43. The predicted molar refractivity (Wildman–Crippen MR) is 108 cm³/mol. The van der Waals surface area contributed by atoms with E-state index in [4.69, 9.17) is 16.3 Å². The summed E-state index contributed by atoms with van der Waals surface area (Å²) < 4.78 is 7.58. The Morgan fingerprint density at radius 1 is 1.10 bits per heavy atom. The fourth-order valence-electron chi connectivity index (χ4n) is 2.66. The van der Waals surface area contributed by atoms with Crippen molar-refractivity contribution in [2.24, 2.45) is 0 Å². The summed E-state index contributed by atoms with van der Waals surface area (Å²) in [6.07, 6.45) is 8.26. The molecule has 0 aliphatic carbocycles. The Hall–Kier alpha value is -3.59. The summed E-state index contributed by atoms with van der Waals surface area (Å²) in [5, 5.41) is 14.7. The van der Waals surface area contributed by atoms with E-state index < -0.39 is 0 Å². The van der Waals surface area contributed by atoms with Crippen LogP contribution in [-0.2, 0) is 6.54 Å². The van der Waals surface area contributed by atoms with Gasteiger partial charge < -0.3 is 10.1 Å². The zero-order chi connectivity index (χ0) is 20.1. The number of tetrazole rings is 1. The van der Waals surface area contributed by atoms with Crippen LogP contribution >= 0.6 is 11.6 Å². The average Bonchev–Trinajstić information content (AvgIpc) is 3.24. The number of ether oxygens (including phenoxy) is 1. The van der Waals surface area contributed by atoms with Crippen molar-refractivity contribution in [2.75, 3.05) is 5.32 Å². The van der Waals surface area contributed by atoms with E-state index in [1.807, 2.05) is 31.2 Å². The number of hydrogen-bond donors (Lipinski definition) is 1. The molecule has 3 aromatic heterocycles. The second kappa shape index (κ2) is 8.61. The van der Waals surface area contributed by atoms with Crippen LogP contribution in [0.15, 0.2) is 61.4 Å². The van der Waals surface area contributed by atoms with E-state index in [1.165, 1.54) is 6.33 Å². The second-order valence-corrected chi connectivity index (χ2v) is 6.67. The van der Waals surface area contributed by atoms with Crippen LogP contribution < -0.4 is 10.1 Å². The monoisotopic (exact) mass is 408 g/mol. The minimum absolute atomic E-state index is 0.172. The highest BCUT2D eigenvalue weighted by Gasteiger charge is 2.11. The van der Waals surface area contributed by atoms with Crippen LogP contribution in [0.25, 0.3) is 11.1 Å². The molecular formula is C19H17ClN8O. The molecule has 4 aromatic rings. The average molecular weight is 409 g/mol. The largest absolute Gasteiger partial charge is 0.487 e. The minimum atomic E-state index is -0.172. The number of aromatic nitrogens is 7. The first-order valence-corrected chi connectivity index (χ1v) is 9.21. The lowest BCUT2D eigenvalue weighted by atomic mass is 10.1. The van der Waals surface area contributed by atoms with Gasteiger partial charge in [0.25, 0.3) is 0 Å². The Kier molecular flexibility index (Phi) is 5.57. The third-order valence-electron chi connectivity index (χ3n) is 4.02. The van der Waals surface area contributed by atoms with Gasteiger partial charge in [0.15, 0.2) is 0 Å². The van der Waals surface area contributed by atoms with Gasteiger partial charge in [-0.1, -0.05) is 17.7 Å². The highest BCUT2D eigenvalue weighted by Crippen LogP contribution is 2.31. The Bertz CT molecular complexity index is 1060. The molecule has 29 heavy (non-hydrogen) atoms. The zero-order valence-corrected chi connectivity index (χ0v) is 16.2. The van der Waals surface area contributed by atoms with Gasteiger partial charge >= 0.3 is 0 Å². The molecule has 0 saturated heterocycles. The zero-order valence-electron chi connectivity index (χ0n) is 15.5. The van der Waals surface area contributed by atoms with Gasteiger partial charge in [-0.05, 0) is 47.2 Å². The molecule has 0 fully saturated rings. The molecule has 10 heteroatoms. The van der Waals surface area contributed by atoms with Crippen molar-refractivity contribution in [1.82, 2.24) is 35.2 Å². The maximum atomic E-state index is 6.31. The molecule has 4 rings (SSSR count). The number of halogens is 1. The van der Waals surface area contributed by atoms with E-state index in [2.05, 4.69) is 35.8 Å². The molecule has 1 atom stereocenters. The van der Waals surface area contributed by atoms with Crippen molar-refractivity contribution >= 4 is 23.2 Å². The SMILES string of the molecule is C[C@@H](Cn1cnnn1)Oc1cc(-c2cnc(Nc3ccncc3)nc2)ccc1Cl. The van der Waals surface area contributed by atoms with E-state index >= 15 is 0 Å². The van der Waals surface area contributed by atoms with Crippen molar-refractivity contribution in [2.45, 2.75) is 19.6 Å². The minimum Gasteiger partial charge on any atom is -0.487 e. The number of nitrogens with one attached hydrogen (secondary N) is 1. The molecule has 1 aromatic carbocycles. The van der Waals surface area contributed by atoms with Crippen LogP contribution in [0, 0.1) is 0 Å². The van der Waals surface area contributed by atoms with Crippen LogP contribution in [0.2, 0.25) is 5.02 Å². The fourth-order valence-corrected chi connectivity index (χ4v) is 2.82. The summed E-state index contributed by atoms with van der Waals surface area (Å²) >= 11 is 6.31. The van der Waals surface area contributed by atoms with Crippen LogP contribution in [0.1, 0.15) is 6.92 Å². The standard InChI is InChI=1S/C19H17ClN8O/c1-13(11-28-12-24-26-27-28)29-18-8-14(2-3-17(18)20)15-9-22-19(23-10-15)25-16-4-6-21-7-5-16/h2-10,12-13H,11H2,1H3,(H,21,22,23,25)/t13-/m0/s1. The van der Waals surface area contributed by atoms with Crippen molar-refractivity contribution in [3.8, 4) is 16.9 Å². The van der Waals surface area contributed by atoms with Crippen molar-refractivity contribution in [1.29, 1.82) is 0 Å². The fraction of sp³-hybridized carbons (Fsp3) is 0.158. The Morgan fingerprint density at radius 2 is 1.90 bits per heavy atom. The van der Waals surface area contributed by atoms with E-state index in [0.29, 0.717) is 23.3 Å². The maximum Gasteiger partial charge on any atom is 0.227 e. The Labute approximate surface area is 171 Å². The first-order valence-electron chi connectivity index (χ1n) is 8.84. The maximum absolute atomic E-state index is 6.31. The normalized spacial score (nSPS) is 11.8. The van der Waals surface area contributed by atoms with Gasteiger partial charge in [0.05, 0.1) is 11.6 Å². The summed E-state index contributed by atoms with van der Waals surface area (Å²) in [6, 6.07) is 9.25. The van der Waals surface area contributed by atoms with Crippen molar-refractivity contribution in [3.05, 3.63) is 66.5 Å².